The van der Waals surface area contributed by atoms with Crippen LogP contribution in [0.5, 0.6) is 5.75 Å². The maximum absolute atomic E-state index is 13.3. The maximum atomic E-state index is 13.3. The minimum Gasteiger partial charge on any atom is -0.497 e. The molecule has 3 aromatic carbocycles. The third-order valence-electron chi connectivity index (χ3n) is 11.1. The number of carbonyl (C=O) groups is 1. The van der Waals surface area contributed by atoms with Gasteiger partial charge in [0.25, 0.3) is 0 Å². The molecule has 44 heavy (non-hydrogen) atoms. The molecule has 0 spiro atoms. The molecule has 3 aliphatic rings. The van der Waals surface area contributed by atoms with Gasteiger partial charge >= 0.3 is 0 Å². The molecule has 4 heterocycles. The fraction of sp³-hybridized carbons (Fsp3) is 0.474. The van der Waals surface area contributed by atoms with Gasteiger partial charge in [0.05, 0.1) is 18.1 Å². The Morgan fingerprint density at radius 3 is 2.39 bits per heavy atom. The van der Waals surface area contributed by atoms with Gasteiger partial charge in [-0.3, -0.25) is 9.69 Å². The summed E-state index contributed by atoms with van der Waals surface area (Å²) < 4.78 is 7.90. The number of nitrogens with zero attached hydrogens (tertiary/aromatic N) is 4. The van der Waals surface area contributed by atoms with Gasteiger partial charge in [0.1, 0.15) is 11.6 Å². The van der Waals surface area contributed by atoms with Crippen molar-refractivity contribution in [3.05, 3.63) is 95.8 Å². The number of hydrogen-bond acceptors (Lipinski definition) is 4. The first-order valence-electron chi connectivity index (χ1n) is 16.7. The van der Waals surface area contributed by atoms with Crippen LogP contribution < -0.4 is 4.74 Å². The SMILES string of the molecule is COc1cccc(CCC(=O)N2CCC(CCN3C4CCC3CC(n3c(C)nc5ccccc53)C4)(c3ccccc3)CC2)c1. The number of methoxy groups -OCH3 is 1. The molecule has 6 nitrogen and oxygen atoms in total. The lowest BCUT2D eigenvalue weighted by atomic mass is 9.70. The van der Waals surface area contributed by atoms with E-state index in [1.54, 1.807) is 7.11 Å². The van der Waals surface area contributed by atoms with Gasteiger partial charge in [-0.1, -0.05) is 54.6 Å². The van der Waals surface area contributed by atoms with Crippen molar-refractivity contribution in [2.75, 3.05) is 26.7 Å². The minimum absolute atomic E-state index is 0.123. The van der Waals surface area contributed by atoms with Crippen LogP contribution in [-0.2, 0) is 16.6 Å². The van der Waals surface area contributed by atoms with Crippen LogP contribution in [0.1, 0.15) is 74.4 Å². The van der Waals surface area contributed by atoms with Crippen molar-refractivity contribution in [3.8, 4) is 5.75 Å². The lowest BCUT2D eigenvalue weighted by Crippen LogP contribution is -2.49. The average molecular weight is 591 g/mol. The van der Waals surface area contributed by atoms with Crippen LogP contribution in [-0.4, -0.2) is 64.1 Å². The summed E-state index contributed by atoms with van der Waals surface area (Å²) in [5.74, 6) is 2.28. The summed E-state index contributed by atoms with van der Waals surface area (Å²) in [4.78, 5) is 23.2. The van der Waals surface area contributed by atoms with Crippen molar-refractivity contribution in [1.82, 2.24) is 19.4 Å². The molecule has 0 saturated carbocycles. The highest BCUT2D eigenvalue weighted by Crippen LogP contribution is 2.45. The van der Waals surface area contributed by atoms with Gasteiger partial charge in [-0.15, -0.1) is 0 Å². The second-order valence-electron chi connectivity index (χ2n) is 13.4. The summed E-state index contributed by atoms with van der Waals surface area (Å²) in [5, 5.41) is 0. The Morgan fingerprint density at radius 1 is 0.909 bits per heavy atom. The number of aryl methyl sites for hydroxylation is 2. The first-order valence-corrected chi connectivity index (χ1v) is 16.7. The highest BCUT2D eigenvalue weighted by atomic mass is 16.5. The smallest absolute Gasteiger partial charge is 0.222 e. The number of para-hydroxylation sites is 2. The molecule has 0 N–H and O–H groups in total. The van der Waals surface area contributed by atoms with E-state index >= 15 is 0 Å². The predicted octanol–water partition coefficient (Wildman–Crippen LogP) is 7.10. The number of amides is 1. The summed E-state index contributed by atoms with van der Waals surface area (Å²) >= 11 is 0. The van der Waals surface area contributed by atoms with E-state index in [-0.39, 0.29) is 11.3 Å². The van der Waals surface area contributed by atoms with Crippen molar-refractivity contribution in [1.29, 1.82) is 0 Å². The van der Waals surface area contributed by atoms with Crippen molar-refractivity contribution in [2.24, 2.45) is 0 Å². The van der Waals surface area contributed by atoms with Gasteiger partial charge in [0.2, 0.25) is 5.91 Å². The molecule has 0 aliphatic carbocycles. The van der Waals surface area contributed by atoms with Gasteiger partial charge < -0.3 is 14.2 Å². The zero-order chi connectivity index (χ0) is 30.1. The molecular weight excluding hydrogens is 544 g/mol. The van der Waals surface area contributed by atoms with E-state index in [0.717, 1.165) is 68.0 Å². The number of fused-ring (bicyclic) bond motifs is 3. The van der Waals surface area contributed by atoms with E-state index in [4.69, 9.17) is 9.72 Å². The second kappa shape index (κ2) is 12.4. The number of piperidine rings is 2. The fourth-order valence-corrected chi connectivity index (χ4v) is 8.69. The molecule has 0 radical (unpaired) electrons. The topological polar surface area (TPSA) is 50.6 Å². The number of carbonyl (C=O) groups excluding carboxylic acids is 1. The molecule has 230 valence electrons. The molecule has 7 rings (SSSR count). The van der Waals surface area contributed by atoms with Gasteiger partial charge in [-0.05, 0) is 106 Å². The van der Waals surface area contributed by atoms with Gasteiger partial charge in [0.15, 0.2) is 0 Å². The zero-order valence-corrected chi connectivity index (χ0v) is 26.3. The van der Waals surface area contributed by atoms with Gasteiger partial charge in [-0.2, -0.15) is 0 Å². The van der Waals surface area contributed by atoms with Crippen molar-refractivity contribution in [3.63, 3.8) is 0 Å². The van der Waals surface area contributed by atoms with E-state index in [2.05, 4.69) is 82.0 Å². The quantitative estimate of drug-likeness (QED) is 0.209. The largest absolute Gasteiger partial charge is 0.497 e. The Hall–Kier alpha value is -3.64. The standard InChI is InChI=1S/C38H46N4O2/c1-28-39-35-13-6-7-14-36(35)42(28)33-26-31-16-17-32(27-33)41(31)24-21-38(30-10-4-3-5-11-30)19-22-40(23-20-38)37(43)18-15-29-9-8-12-34(25-29)44-2/h3-14,25,31-33H,15-24,26-27H2,1-2H3. The van der Waals surface area contributed by atoms with E-state index < -0.39 is 0 Å². The predicted molar refractivity (Wildman–Crippen MR) is 176 cm³/mol. The number of aromatic nitrogens is 2. The van der Waals surface area contributed by atoms with E-state index in [1.807, 2.05) is 18.2 Å². The number of imidazole rings is 1. The first-order chi connectivity index (χ1) is 21.5. The molecule has 4 aromatic rings. The Labute approximate surface area is 262 Å². The molecule has 3 fully saturated rings. The first kappa shape index (κ1) is 29.1. The summed E-state index contributed by atoms with van der Waals surface area (Å²) in [7, 11) is 1.69. The minimum atomic E-state index is 0.123. The summed E-state index contributed by atoms with van der Waals surface area (Å²) in [6.07, 6.45) is 9.58. The normalized spacial score (nSPS) is 23.2. The van der Waals surface area contributed by atoms with Crippen LogP contribution in [0.25, 0.3) is 11.0 Å². The van der Waals surface area contributed by atoms with Crippen molar-refractivity contribution >= 4 is 16.9 Å². The van der Waals surface area contributed by atoms with Crippen LogP contribution in [0.15, 0.2) is 78.9 Å². The molecule has 3 aliphatic heterocycles. The molecular formula is C38H46N4O2. The van der Waals surface area contributed by atoms with Crippen LogP contribution in [0.3, 0.4) is 0 Å². The molecule has 6 heteroatoms. The number of likely N-dealkylation sites (tertiary alicyclic amines) is 1. The molecule has 1 aromatic heterocycles. The number of rotatable bonds is 9. The van der Waals surface area contributed by atoms with Crippen LogP contribution in [0, 0.1) is 6.92 Å². The average Bonchev–Trinajstić information content (AvgIpc) is 3.53. The molecule has 3 saturated heterocycles. The van der Waals surface area contributed by atoms with Crippen LogP contribution in [0.2, 0.25) is 0 Å². The maximum Gasteiger partial charge on any atom is 0.222 e. The molecule has 2 unspecified atom stereocenters. The van der Waals surface area contributed by atoms with Crippen LogP contribution >= 0.6 is 0 Å². The Morgan fingerprint density at radius 2 is 1.64 bits per heavy atom. The third kappa shape index (κ3) is 5.65. The third-order valence-corrected chi connectivity index (χ3v) is 11.1. The second-order valence-corrected chi connectivity index (χ2v) is 13.4. The summed E-state index contributed by atoms with van der Waals surface area (Å²) in [5.41, 5.74) is 5.14. The number of ether oxygens (including phenoxy) is 1. The van der Waals surface area contributed by atoms with Crippen molar-refractivity contribution < 1.29 is 9.53 Å². The van der Waals surface area contributed by atoms with E-state index in [0.29, 0.717) is 24.5 Å². The Balaban J connectivity index is 1.01. The lowest BCUT2D eigenvalue weighted by molar-refractivity contribution is -0.132. The molecule has 2 atom stereocenters. The highest BCUT2D eigenvalue weighted by molar-refractivity contribution is 5.77. The molecule has 2 bridgehead atoms. The Kier molecular flexibility index (Phi) is 8.19. The number of hydrogen-bond donors (Lipinski definition) is 0. The summed E-state index contributed by atoms with van der Waals surface area (Å²) in [6.45, 7) is 5.00. The van der Waals surface area contributed by atoms with E-state index in [9.17, 15) is 4.79 Å². The lowest BCUT2D eigenvalue weighted by Gasteiger charge is -2.45. The van der Waals surface area contributed by atoms with E-state index in [1.165, 1.54) is 36.8 Å². The Bertz CT molecular complexity index is 1570. The van der Waals surface area contributed by atoms with Crippen LogP contribution in [0.4, 0.5) is 0 Å². The zero-order valence-electron chi connectivity index (χ0n) is 26.3. The number of benzene rings is 3. The van der Waals surface area contributed by atoms with Gasteiger partial charge in [-0.25, -0.2) is 4.98 Å². The summed E-state index contributed by atoms with van der Waals surface area (Å²) in [6, 6.07) is 29.7. The fourth-order valence-electron chi connectivity index (χ4n) is 8.69. The van der Waals surface area contributed by atoms with Crippen molar-refractivity contribution in [2.45, 2.75) is 88.3 Å². The van der Waals surface area contributed by atoms with Gasteiger partial charge in [0, 0.05) is 37.6 Å². The monoisotopic (exact) mass is 590 g/mol. The highest BCUT2D eigenvalue weighted by Gasteiger charge is 2.44. The molecule has 1 amide bonds.